The number of piperidine rings is 1. The number of hydrogen-bond donors (Lipinski definition) is 1. The maximum absolute atomic E-state index is 12.9. The molecule has 9 heteroatoms. The summed E-state index contributed by atoms with van der Waals surface area (Å²) in [7, 11) is 0. The number of hydrogen-bond acceptors (Lipinski definition) is 4. The third kappa shape index (κ3) is 4.47. The zero-order chi connectivity index (χ0) is 19.4. The number of aromatic nitrogens is 3. The average molecular weight is 381 g/mol. The van der Waals surface area contributed by atoms with E-state index in [0.717, 1.165) is 44.5 Å². The number of nitrogens with zero attached hydrogens (tertiary/aromatic N) is 4. The lowest BCUT2D eigenvalue weighted by molar-refractivity contribution is -0.137. The minimum absolute atomic E-state index is 0.136. The van der Waals surface area contributed by atoms with Gasteiger partial charge in [-0.2, -0.15) is 13.2 Å². The van der Waals surface area contributed by atoms with E-state index in [-0.39, 0.29) is 23.3 Å². The number of nitrogens with one attached hydrogen (secondary N) is 1. The van der Waals surface area contributed by atoms with E-state index in [4.69, 9.17) is 0 Å². The molecule has 0 saturated carbocycles. The number of halogens is 3. The summed E-state index contributed by atoms with van der Waals surface area (Å²) in [6.45, 7) is 4.32. The number of alkyl halides is 3. The van der Waals surface area contributed by atoms with E-state index in [2.05, 4.69) is 15.6 Å². The predicted octanol–water partition coefficient (Wildman–Crippen LogP) is 2.89. The van der Waals surface area contributed by atoms with E-state index in [1.807, 2.05) is 6.92 Å². The van der Waals surface area contributed by atoms with Crippen LogP contribution in [0, 0.1) is 0 Å². The van der Waals surface area contributed by atoms with Crippen LogP contribution in [0.5, 0.6) is 0 Å². The van der Waals surface area contributed by atoms with Crippen molar-refractivity contribution in [2.45, 2.75) is 38.4 Å². The summed E-state index contributed by atoms with van der Waals surface area (Å²) in [6, 6.07) is 4.91. The van der Waals surface area contributed by atoms with E-state index in [1.165, 1.54) is 23.0 Å². The van der Waals surface area contributed by atoms with Crippen molar-refractivity contribution in [1.82, 2.24) is 25.2 Å². The Bertz CT molecular complexity index is 783. The molecule has 1 aromatic carbocycles. The van der Waals surface area contributed by atoms with Crippen molar-refractivity contribution in [2.75, 3.05) is 19.6 Å². The van der Waals surface area contributed by atoms with Gasteiger partial charge in [0.15, 0.2) is 5.69 Å². The molecule has 2 aromatic rings. The Balaban J connectivity index is 1.82. The van der Waals surface area contributed by atoms with E-state index in [9.17, 15) is 18.0 Å². The van der Waals surface area contributed by atoms with Crippen LogP contribution in [-0.4, -0.2) is 51.5 Å². The first-order valence-corrected chi connectivity index (χ1v) is 9.02. The Hall–Kier alpha value is -2.42. The summed E-state index contributed by atoms with van der Waals surface area (Å²) in [4.78, 5) is 14.7. The first kappa shape index (κ1) is 19.3. The van der Waals surface area contributed by atoms with Gasteiger partial charge in [-0.1, -0.05) is 18.2 Å². The molecule has 27 heavy (non-hydrogen) atoms. The Morgan fingerprint density at radius 2 is 2.07 bits per heavy atom. The summed E-state index contributed by atoms with van der Waals surface area (Å²) >= 11 is 0. The summed E-state index contributed by atoms with van der Waals surface area (Å²) in [5, 5.41) is 11.0. The summed E-state index contributed by atoms with van der Waals surface area (Å²) < 4.78 is 39.9. The molecule has 1 aliphatic heterocycles. The van der Waals surface area contributed by atoms with Gasteiger partial charge in [0.25, 0.3) is 5.91 Å². The highest BCUT2D eigenvalue weighted by Gasteiger charge is 2.31. The van der Waals surface area contributed by atoms with Crippen LogP contribution >= 0.6 is 0 Å². The summed E-state index contributed by atoms with van der Waals surface area (Å²) in [5.74, 6) is -0.234. The van der Waals surface area contributed by atoms with Gasteiger partial charge in [-0.15, -0.1) is 5.10 Å². The van der Waals surface area contributed by atoms with Gasteiger partial charge in [0.2, 0.25) is 0 Å². The SMILES string of the molecule is CCCN(C(=O)c1cn(-c2cccc(C(F)(F)F)c2)nn1)C1CCNCC1. The number of benzene rings is 1. The van der Waals surface area contributed by atoms with E-state index < -0.39 is 11.7 Å². The highest BCUT2D eigenvalue weighted by molar-refractivity contribution is 5.92. The van der Waals surface area contributed by atoms with Crippen LogP contribution in [0.15, 0.2) is 30.5 Å². The maximum Gasteiger partial charge on any atom is 0.416 e. The second-order valence-electron chi connectivity index (χ2n) is 6.58. The lowest BCUT2D eigenvalue weighted by Gasteiger charge is -2.34. The minimum atomic E-state index is -4.44. The van der Waals surface area contributed by atoms with Crippen LogP contribution in [0.2, 0.25) is 0 Å². The molecule has 0 aliphatic carbocycles. The Morgan fingerprint density at radius 3 is 2.74 bits per heavy atom. The van der Waals surface area contributed by atoms with Crippen molar-refractivity contribution < 1.29 is 18.0 Å². The molecule has 1 saturated heterocycles. The maximum atomic E-state index is 12.9. The van der Waals surface area contributed by atoms with Gasteiger partial charge in [-0.25, -0.2) is 4.68 Å². The monoisotopic (exact) mass is 381 g/mol. The largest absolute Gasteiger partial charge is 0.416 e. The van der Waals surface area contributed by atoms with Crippen LogP contribution in [-0.2, 0) is 6.18 Å². The first-order chi connectivity index (χ1) is 12.9. The van der Waals surface area contributed by atoms with E-state index in [0.29, 0.717) is 6.54 Å². The molecular weight excluding hydrogens is 359 g/mol. The molecule has 0 bridgehead atoms. The summed E-state index contributed by atoms with van der Waals surface area (Å²) in [5.41, 5.74) is -0.426. The van der Waals surface area contributed by atoms with Gasteiger partial charge in [-0.3, -0.25) is 4.79 Å². The molecule has 0 radical (unpaired) electrons. The number of carbonyl (C=O) groups is 1. The second-order valence-corrected chi connectivity index (χ2v) is 6.58. The molecule has 1 amide bonds. The molecule has 0 spiro atoms. The van der Waals surface area contributed by atoms with Gasteiger partial charge in [0.1, 0.15) is 0 Å². The molecule has 6 nitrogen and oxygen atoms in total. The van der Waals surface area contributed by atoms with Gasteiger partial charge < -0.3 is 10.2 Å². The van der Waals surface area contributed by atoms with Crippen molar-refractivity contribution in [1.29, 1.82) is 0 Å². The molecule has 0 unspecified atom stereocenters. The zero-order valence-electron chi connectivity index (χ0n) is 15.0. The van der Waals surface area contributed by atoms with Crippen LogP contribution in [0.4, 0.5) is 13.2 Å². The third-order valence-corrected chi connectivity index (χ3v) is 4.63. The van der Waals surface area contributed by atoms with Crippen molar-refractivity contribution in [2.24, 2.45) is 0 Å². The van der Waals surface area contributed by atoms with Gasteiger partial charge in [0.05, 0.1) is 17.4 Å². The predicted molar refractivity (Wildman–Crippen MR) is 93.6 cm³/mol. The Labute approximate surface area is 155 Å². The molecule has 1 fully saturated rings. The average Bonchev–Trinajstić information content (AvgIpc) is 3.16. The first-order valence-electron chi connectivity index (χ1n) is 9.02. The number of amides is 1. The van der Waals surface area contributed by atoms with Crippen molar-refractivity contribution in [3.63, 3.8) is 0 Å². The van der Waals surface area contributed by atoms with Crippen molar-refractivity contribution in [3.8, 4) is 5.69 Å². The quantitative estimate of drug-likeness (QED) is 0.865. The molecule has 1 N–H and O–H groups in total. The minimum Gasteiger partial charge on any atom is -0.334 e. The summed E-state index contributed by atoms with van der Waals surface area (Å²) in [6.07, 6.45) is -0.498. The van der Waals surface area contributed by atoms with Gasteiger partial charge in [0, 0.05) is 12.6 Å². The normalized spacial score (nSPS) is 15.7. The fourth-order valence-electron chi connectivity index (χ4n) is 3.27. The number of rotatable bonds is 5. The third-order valence-electron chi connectivity index (χ3n) is 4.63. The van der Waals surface area contributed by atoms with E-state index in [1.54, 1.807) is 4.90 Å². The van der Waals surface area contributed by atoms with Crippen molar-refractivity contribution in [3.05, 3.63) is 41.7 Å². The zero-order valence-corrected chi connectivity index (χ0v) is 15.0. The van der Waals surface area contributed by atoms with Gasteiger partial charge >= 0.3 is 6.18 Å². The Kier molecular flexibility index (Phi) is 5.79. The highest BCUT2D eigenvalue weighted by Crippen LogP contribution is 2.30. The van der Waals surface area contributed by atoms with Crippen LogP contribution in [0.25, 0.3) is 5.69 Å². The Morgan fingerprint density at radius 1 is 1.33 bits per heavy atom. The topological polar surface area (TPSA) is 63.1 Å². The fourth-order valence-corrected chi connectivity index (χ4v) is 3.27. The molecule has 0 atom stereocenters. The second kappa shape index (κ2) is 8.08. The smallest absolute Gasteiger partial charge is 0.334 e. The number of carbonyl (C=O) groups excluding carboxylic acids is 1. The lowest BCUT2D eigenvalue weighted by atomic mass is 10.0. The molecule has 146 valence electrons. The molecular formula is C18H22F3N5O. The van der Waals surface area contributed by atoms with E-state index >= 15 is 0 Å². The molecule has 1 aromatic heterocycles. The van der Waals surface area contributed by atoms with Crippen molar-refractivity contribution >= 4 is 5.91 Å². The fraction of sp³-hybridized carbons (Fsp3) is 0.500. The molecule has 2 heterocycles. The van der Waals surface area contributed by atoms with Crippen LogP contribution in [0.1, 0.15) is 42.2 Å². The lowest BCUT2D eigenvalue weighted by Crippen LogP contribution is -2.46. The molecule has 3 rings (SSSR count). The van der Waals surface area contributed by atoms with Crippen LogP contribution in [0.3, 0.4) is 0 Å². The highest BCUT2D eigenvalue weighted by atomic mass is 19.4. The standard InChI is InChI=1S/C18H22F3N5O/c1-2-10-25(14-6-8-22-9-7-14)17(27)16-12-26(24-23-16)15-5-3-4-13(11-15)18(19,20)21/h3-5,11-12,14,22H,2,6-10H2,1H3. The molecule has 1 aliphatic rings. The van der Waals surface area contributed by atoms with Crippen LogP contribution < -0.4 is 5.32 Å². The van der Waals surface area contributed by atoms with Gasteiger partial charge in [-0.05, 0) is 50.6 Å².